The monoisotopic (exact) mass is 424 g/mol. The van der Waals surface area contributed by atoms with Gasteiger partial charge >= 0.3 is 12.0 Å². The molecule has 1 fully saturated rings. The van der Waals surface area contributed by atoms with Crippen LogP contribution in [0.25, 0.3) is 0 Å². The number of rotatable bonds is 9. The van der Waals surface area contributed by atoms with Crippen LogP contribution in [0.1, 0.15) is 55.5 Å². The van der Waals surface area contributed by atoms with Gasteiger partial charge in [-0.1, -0.05) is 57.0 Å². The van der Waals surface area contributed by atoms with Crippen molar-refractivity contribution in [3.8, 4) is 5.75 Å². The minimum atomic E-state index is -1.03. The largest absolute Gasteiger partial charge is 0.478 e. The second-order valence-electron chi connectivity index (χ2n) is 7.78. The molecule has 2 aromatic carbocycles. The van der Waals surface area contributed by atoms with E-state index in [0.29, 0.717) is 25.1 Å². The molecule has 2 N–H and O–H groups in total. The van der Waals surface area contributed by atoms with Crippen molar-refractivity contribution in [2.45, 2.75) is 52.3 Å². The molecule has 0 aromatic heterocycles. The Morgan fingerprint density at radius 1 is 1.03 bits per heavy atom. The maximum Gasteiger partial charge on any atom is 0.335 e. The summed E-state index contributed by atoms with van der Waals surface area (Å²) in [6.07, 6.45) is 2.04. The number of nitrogens with zero attached hydrogens (tertiary/aromatic N) is 1. The number of ether oxygens (including phenoxy) is 1. The van der Waals surface area contributed by atoms with Crippen molar-refractivity contribution in [2.24, 2.45) is 5.41 Å². The van der Waals surface area contributed by atoms with E-state index in [1.807, 2.05) is 44.2 Å². The molecule has 3 rings (SSSR count). The molecule has 164 valence electrons. The number of urea groups is 1. The average Bonchev–Trinajstić information content (AvgIpc) is 2.78. The summed E-state index contributed by atoms with van der Waals surface area (Å²) in [4.78, 5) is 38.3. The maximum atomic E-state index is 13.2. The van der Waals surface area contributed by atoms with Gasteiger partial charge in [0.1, 0.15) is 11.2 Å². The molecular formula is C24H28N2O5. The fraction of sp³-hybridized carbons (Fsp3) is 0.375. The first-order chi connectivity index (χ1) is 14.9. The number of likely N-dealkylation sites (tertiary alicyclic amines) is 1. The highest BCUT2D eigenvalue weighted by molar-refractivity contribution is 6.03. The number of imide groups is 1. The van der Waals surface area contributed by atoms with Gasteiger partial charge in [-0.25, -0.2) is 14.5 Å². The van der Waals surface area contributed by atoms with E-state index in [2.05, 4.69) is 5.32 Å². The molecule has 0 radical (unpaired) electrons. The van der Waals surface area contributed by atoms with Crippen molar-refractivity contribution >= 4 is 17.9 Å². The Labute approximate surface area is 182 Å². The van der Waals surface area contributed by atoms with Crippen molar-refractivity contribution < 1.29 is 24.2 Å². The molecule has 0 aliphatic carbocycles. The topological polar surface area (TPSA) is 95.9 Å². The third-order valence-electron chi connectivity index (χ3n) is 5.60. The van der Waals surface area contributed by atoms with Gasteiger partial charge in [0.15, 0.2) is 6.23 Å². The summed E-state index contributed by atoms with van der Waals surface area (Å²) in [6.45, 7) is 4.31. The molecule has 0 spiro atoms. The van der Waals surface area contributed by atoms with Gasteiger partial charge in [0, 0.05) is 6.54 Å². The van der Waals surface area contributed by atoms with Crippen molar-refractivity contribution in [2.75, 3.05) is 0 Å². The second-order valence-corrected chi connectivity index (χ2v) is 7.78. The Bertz CT molecular complexity index is 921. The van der Waals surface area contributed by atoms with Crippen molar-refractivity contribution in [1.82, 2.24) is 10.2 Å². The lowest BCUT2D eigenvalue weighted by Gasteiger charge is -2.53. The number of benzene rings is 2. The fourth-order valence-corrected chi connectivity index (χ4v) is 4.14. The van der Waals surface area contributed by atoms with Crippen LogP contribution in [-0.4, -0.2) is 34.1 Å². The zero-order valence-corrected chi connectivity index (χ0v) is 17.8. The first kappa shape index (κ1) is 22.3. The Balaban J connectivity index is 1.81. The minimum absolute atomic E-state index is 0.142. The van der Waals surface area contributed by atoms with Gasteiger partial charge in [-0.3, -0.25) is 4.79 Å². The van der Waals surface area contributed by atoms with Crippen LogP contribution in [0.3, 0.4) is 0 Å². The van der Waals surface area contributed by atoms with E-state index < -0.39 is 23.6 Å². The molecule has 1 aliphatic heterocycles. The minimum Gasteiger partial charge on any atom is -0.478 e. The molecule has 7 heteroatoms. The highest BCUT2D eigenvalue weighted by Gasteiger charge is 2.63. The van der Waals surface area contributed by atoms with Crippen LogP contribution >= 0.6 is 0 Å². The van der Waals surface area contributed by atoms with Crippen LogP contribution in [0.4, 0.5) is 4.79 Å². The van der Waals surface area contributed by atoms with Crippen LogP contribution < -0.4 is 10.1 Å². The number of carbonyl (C=O) groups excluding carboxylic acids is 2. The van der Waals surface area contributed by atoms with Crippen molar-refractivity contribution in [1.29, 1.82) is 0 Å². The van der Waals surface area contributed by atoms with Crippen LogP contribution in [0, 0.1) is 5.41 Å². The van der Waals surface area contributed by atoms with Gasteiger partial charge in [-0.05, 0) is 42.7 Å². The first-order valence-corrected chi connectivity index (χ1v) is 10.6. The summed E-state index contributed by atoms with van der Waals surface area (Å²) < 4.78 is 6.11. The summed E-state index contributed by atoms with van der Waals surface area (Å²) in [6, 6.07) is 15.0. The van der Waals surface area contributed by atoms with Crippen LogP contribution in [-0.2, 0) is 11.3 Å². The molecule has 1 heterocycles. The summed E-state index contributed by atoms with van der Waals surface area (Å²) in [7, 11) is 0. The van der Waals surface area contributed by atoms with Crippen LogP contribution in [0.2, 0.25) is 0 Å². The maximum absolute atomic E-state index is 13.2. The number of nitrogens with one attached hydrogen (secondary N) is 1. The number of carbonyl (C=O) groups is 3. The SMILES string of the molecule is CCCC1(CCC)C(=O)N(C(=O)NCc2ccccc2)C1Oc1ccc(C(=O)O)cc1. The van der Waals surface area contributed by atoms with E-state index in [-0.39, 0.29) is 11.5 Å². The van der Waals surface area contributed by atoms with Gasteiger partial charge in [0.2, 0.25) is 5.91 Å². The highest BCUT2D eigenvalue weighted by Crippen LogP contribution is 2.47. The van der Waals surface area contributed by atoms with E-state index in [9.17, 15) is 14.4 Å². The molecule has 2 aromatic rings. The Morgan fingerprint density at radius 3 is 2.19 bits per heavy atom. The van der Waals surface area contributed by atoms with E-state index in [1.54, 1.807) is 12.1 Å². The average molecular weight is 424 g/mol. The lowest BCUT2D eigenvalue weighted by molar-refractivity contribution is -0.192. The number of aromatic carboxylic acids is 1. The van der Waals surface area contributed by atoms with Gasteiger partial charge < -0.3 is 15.2 Å². The summed E-state index contributed by atoms with van der Waals surface area (Å²) >= 11 is 0. The molecule has 1 atom stereocenters. The van der Waals surface area contributed by atoms with E-state index in [0.717, 1.165) is 23.3 Å². The zero-order chi connectivity index (χ0) is 22.4. The second kappa shape index (κ2) is 9.64. The number of hydrogen-bond donors (Lipinski definition) is 2. The van der Waals surface area contributed by atoms with E-state index in [4.69, 9.17) is 9.84 Å². The van der Waals surface area contributed by atoms with Crippen LogP contribution in [0.5, 0.6) is 5.75 Å². The quantitative estimate of drug-likeness (QED) is 0.581. The van der Waals surface area contributed by atoms with Crippen LogP contribution in [0.15, 0.2) is 54.6 Å². The Kier molecular flexibility index (Phi) is 6.95. The number of hydrogen-bond acceptors (Lipinski definition) is 4. The molecule has 0 saturated carbocycles. The number of carboxylic acids is 1. The third-order valence-corrected chi connectivity index (χ3v) is 5.60. The molecule has 0 bridgehead atoms. The molecule has 31 heavy (non-hydrogen) atoms. The first-order valence-electron chi connectivity index (χ1n) is 10.6. The standard InChI is InChI=1S/C24H28N2O5/c1-3-14-24(15-4-2)21(29)26(23(30)25-16-17-8-6-5-7-9-17)22(24)31-19-12-10-18(11-13-19)20(27)28/h5-13,22H,3-4,14-16H2,1-2H3,(H,25,30)(H,27,28). The molecular weight excluding hydrogens is 396 g/mol. The predicted molar refractivity (Wildman–Crippen MR) is 116 cm³/mol. The smallest absolute Gasteiger partial charge is 0.335 e. The van der Waals surface area contributed by atoms with Gasteiger partial charge in [0.05, 0.1) is 5.56 Å². The Hall–Kier alpha value is -3.35. The lowest BCUT2D eigenvalue weighted by atomic mass is 9.69. The molecule has 1 saturated heterocycles. The highest BCUT2D eigenvalue weighted by atomic mass is 16.5. The van der Waals surface area contributed by atoms with E-state index in [1.165, 1.54) is 12.1 Å². The van der Waals surface area contributed by atoms with Crippen molar-refractivity contribution in [3.05, 3.63) is 65.7 Å². The number of carboxylic acid groups (broad SMARTS) is 1. The lowest BCUT2D eigenvalue weighted by Crippen LogP contribution is -2.73. The van der Waals surface area contributed by atoms with Gasteiger partial charge in [-0.15, -0.1) is 0 Å². The summed E-state index contributed by atoms with van der Waals surface area (Å²) in [5.74, 6) is -0.840. The van der Waals surface area contributed by atoms with Gasteiger partial charge in [0.25, 0.3) is 0 Å². The number of amides is 3. The zero-order valence-electron chi connectivity index (χ0n) is 17.8. The summed E-state index contributed by atoms with van der Waals surface area (Å²) in [5.41, 5.74) is 0.306. The molecule has 1 unspecified atom stereocenters. The molecule has 1 aliphatic rings. The Morgan fingerprint density at radius 2 is 1.65 bits per heavy atom. The normalized spacial score (nSPS) is 17.0. The molecule has 3 amide bonds. The van der Waals surface area contributed by atoms with E-state index >= 15 is 0 Å². The fourth-order valence-electron chi connectivity index (χ4n) is 4.14. The predicted octanol–water partition coefficient (Wildman–Crippen LogP) is 4.43. The van der Waals surface area contributed by atoms with Gasteiger partial charge in [-0.2, -0.15) is 0 Å². The molecule has 7 nitrogen and oxygen atoms in total. The third kappa shape index (κ3) is 4.55. The van der Waals surface area contributed by atoms with Crippen molar-refractivity contribution in [3.63, 3.8) is 0 Å². The summed E-state index contributed by atoms with van der Waals surface area (Å²) in [5, 5.41) is 11.9. The number of β-lactam (4-membered cyclic amide) rings is 1.